The van der Waals surface area contributed by atoms with Crippen molar-refractivity contribution in [1.82, 2.24) is 9.97 Å². The Morgan fingerprint density at radius 2 is 1.76 bits per heavy atom. The van der Waals surface area contributed by atoms with Crippen LogP contribution in [-0.4, -0.2) is 63.4 Å². The summed E-state index contributed by atoms with van der Waals surface area (Å²) < 4.78 is 12.9. The lowest BCUT2D eigenvalue weighted by molar-refractivity contribution is 0.143. The van der Waals surface area contributed by atoms with Crippen molar-refractivity contribution < 1.29 is 9.32 Å². The molecule has 0 radical (unpaired) electrons. The molecule has 3 fully saturated rings. The standard InChI is InChI=1S/C24H30ClN5O2S/c25-18-4-6-19(7-5-18)29-11-16-13-30(14-17(16)12-29)23-26-20-3-1-10-33(32)21(20)22(27-23)28-24(15-31)8-2-9-24/h4-7,16-17,31H,1-3,8-15H2,(H,26,27,28)/t16?,17?,33-/m1/s1. The first kappa shape index (κ1) is 21.6. The van der Waals surface area contributed by atoms with Gasteiger partial charge in [0.2, 0.25) is 5.95 Å². The molecule has 7 nitrogen and oxygen atoms in total. The van der Waals surface area contributed by atoms with E-state index in [1.54, 1.807) is 0 Å². The largest absolute Gasteiger partial charge is 0.394 e. The summed E-state index contributed by atoms with van der Waals surface area (Å²) in [6.45, 7) is 3.98. The molecular formula is C24H30ClN5O2S. The van der Waals surface area contributed by atoms with E-state index in [1.807, 2.05) is 12.1 Å². The van der Waals surface area contributed by atoms with Gasteiger partial charge in [0.1, 0.15) is 10.7 Å². The Balaban J connectivity index is 1.24. The topological polar surface area (TPSA) is 81.6 Å². The Bertz CT molecular complexity index is 1060. The third-order valence-electron chi connectivity index (χ3n) is 7.85. The molecule has 0 spiro atoms. The maximum Gasteiger partial charge on any atom is 0.227 e. The number of anilines is 3. The number of aliphatic hydroxyl groups is 1. The number of halogens is 1. The van der Waals surface area contributed by atoms with Crippen molar-refractivity contribution in [1.29, 1.82) is 0 Å². The predicted octanol–water partition coefficient (Wildman–Crippen LogP) is 3.08. The minimum Gasteiger partial charge on any atom is -0.394 e. The third-order valence-corrected chi connectivity index (χ3v) is 9.65. The number of rotatable bonds is 5. The van der Waals surface area contributed by atoms with E-state index in [4.69, 9.17) is 21.6 Å². The van der Waals surface area contributed by atoms with Gasteiger partial charge in [0, 0.05) is 54.5 Å². The van der Waals surface area contributed by atoms with Crippen LogP contribution in [0, 0.1) is 11.8 Å². The summed E-state index contributed by atoms with van der Waals surface area (Å²) in [5.41, 5.74) is 1.82. The van der Waals surface area contributed by atoms with Crippen LogP contribution in [0.2, 0.25) is 5.02 Å². The van der Waals surface area contributed by atoms with Crippen LogP contribution in [0.25, 0.3) is 0 Å². The smallest absolute Gasteiger partial charge is 0.227 e. The minimum absolute atomic E-state index is 0.0716. The fraction of sp³-hybridized carbons (Fsp3) is 0.583. The van der Waals surface area contributed by atoms with Crippen molar-refractivity contribution >= 4 is 39.9 Å². The van der Waals surface area contributed by atoms with E-state index in [9.17, 15) is 9.32 Å². The van der Waals surface area contributed by atoms with Crippen LogP contribution in [0.1, 0.15) is 31.4 Å². The number of benzene rings is 1. The molecule has 33 heavy (non-hydrogen) atoms. The summed E-state index contributed by atoms with van der Waals surface area (Å²) in [5, 5.41) is 14.3. The van der Waals surface area contributed by atoms with Crippen molar-refractivity contribution in [2.24, 2.45) is 11.8 Å². The van der Waals surface area contributed by atoms with Gasteiger partial charge in [0.05, 0.1) is 28.6 Å². The van der Waals surface area contributed by atoms with Gasteiger partial charge < -0.3 is 20.2 Å². The van der Waals surface area contributed by atoms with Crippen LogP contribution in [0.4, 0.5) is 17.5 Å². The highest BCUT2D eigenvalue weighted by Gasteiger charge is 2.42. The lowest BCUT2D eigenvalue weighted by Crippen LogP contribution is -2.49. The highest BCUT2D eigenvalue weighted by atomic mass is 35.5. The number of hydrogen-bond acceptors (Lipinski definition) is 7. The highest BCUT2D eigenvalue weighted by molar-refractivity contribution is 7.85. The first-order valence-corrected chi connectivity index (χ1v) is 13.7. The summed E-state index contributed by atoms with van der Waals surface area (Å²) in [5.74, 6) is 3.23. The monoisotopic (exact) mass is 487 g/mol. The van der Waals surface area contributed by atoms with Crippen LogP contribution in [0.15, 0.2) is 29.2 Å². The number of fused-ring (bicyclic) bond motifs is 2. The molecule has 2 N–H and O–H groups in total. The molecule has 0 bridgehead atoms. The zero-order chi connectivity index (χ0) is 22.6. The summed E-state index contributed by atoms with van der Waals surface area (Å²) >= 11 is 6.06. The molecule has 1 aromatic carbocycles. The van der Waals surface area contributed by atoms with Gasteiger partial charge in [0.25, 0.3) is 0 Å². The van der Waals surface area contributed by atoms with Gasteiger partial charge in [-0.25, -0.2) is 4.98 Å². The Morgan fingerprint density at radius 3 is 2.39 bits per heavy atom. The fourth-order valence-corrected chi connectivity index (χ4v) is 7.25. The first-order chi connectivity index (χ1) is 16.0. The summed E-state index contributed by atoms with van der Waals surface area (Å²) in [4.78, 5) is 15.4. The van der Waals surface area contributed by atoms with Gasteiger partial charge in [0.15, 0.2) is 0 Å². The molecule has 2 unspecified atom stereocenters. The molecule has 1 aromatic heterocycles. The number of nitrogens with zero attached hydrogens (tertiary/aromatic N) is 4. The van der Waals surface area contributed by atoms with E-state index in [-0.39, 0.29) is 12.1 Å². The molecule has 0 amide bonds. The fourth-order valence-electron chi connectivity index (χ4n) is 5.79. The second kappa shape index (κ2) is 8.40. The SMILES string of the molecule is O=[S@@]1CCCc2nc(N3CC4CN(c5ccc(Cl)cc5)CC4C3)nc(NC3(CO)CCC3)c21. The van der Waals surface area contributed by atoms with E-state index in [0.717, 1.165) is 79.8 Å². The van der Waals surface area contributed by atoms with Gasteiger partial charge in [-0.1, -0.05) is 11.6 Å². The first-order valence-electron chi connectivity index (χ1n) is 12.0. The van der Waals surface area contributed by atoms with Crippen LogP contribution in [-0.2, 0) is 17.2 Å². The van der Waals surface area contributed by atoms with Gasteiger partial charge >= 0.3 is 0 Å². The van der Waals surface area contributed by atoms with Crippen LogP contribution in [0.3, 0.4) is 0 Å². The molecule has 3 aliphatic heterocycles. The molecule has 9 heteroatoms. The van der Waals surface area contributed by atoms with Gasteiger partial charge in [-0.05, 0) is 56.4 Å². The average molecular weight is 488 g/mol. The zero-order valence-electron chi connectivity index (χ0n) is 18.7. The van der Waals surface area contributed by atoms with Crippen molar-refractivity contribution in [3.63, 3.8) is 0 Å². The Hall–Kier alpha value is -1.90. The molecule has 1 aliphatic carbocycles. The van der Waals surface area contributed by atoms with Crippen molar-refractivity contribution in [3.8, 4) is 0 Å². The molecule has 2 aromatic rings. The highest BCUT2D eigenvalue weighted by Crippen LogP contribution is 2.40. The van der Waals surface area contributed by atoms with E-state index < -0.39 is 10.8 Å². The molecule has 176 valence electrons. The summed E-state index contributed by atoms with van der Waals surface area (Å²) in [7, 11) is -1.09. The summed E-state index contributed by atoms with van der Waals surface area (Å²) in [6.07, 6.45) is 4.65. The number of hydrogen-bond donors (Lipinski definition) is 2. The van der Waals surface area contributed by atoms with Crippen molar-refractivity contribution in [2.45, 2.75) is 42.5 Å². The summed E-state index contributed by atoms with van der Waals surface area (Å²) in [6, 6.07) is 8.11. The molecule has 2 saturated heterocycles. The molecule has 1 saturated carbocycles. The Labute approximate surface area is 202 Å². The van der Waals surface area contributed by atoms with Crippen molar-refractivity contribution in [2.75, 3.05) is 53.7 Å². The van der Waals surface area contributed by atoms with Gasteiger partial charge in [-0.3, -0.25) is 4.21 Å². The maximum atomic E-state index is 12.9. The predicted molar refractivity (Wildman–Crippen MR) is 132 cm³/mol. The molecule has 3 atom stereocenters. The van der Waals surface area contributed by atoms with Gasteiger partial charge in [-0.2, -0.15) is 4.98 Å². The number of aliphatic hydroxyl groups excluding tert-OH is 1. The lowest BCUT2D eigenvalue weighted by atomic mass is 9.77. The third kappa shape index (κ3) is 3.90. The van der Waals surface area contributed by atoms with E-state index >= 15 is 0 Å². The van der Waals surface area contributed by atoms with E-state index in [1.165, 1.54) is 5.69 Å². The lowest BCUT2D eigenvalue weighted by Gasteiger charge is -2.42. The van der Waals surface area contributed by atoms with Crippen molar-refractivity contribution in [3.05, 3.63) is 35.0 Å². The maximum absolute atomic E-state index is 12.9. The number of nitrogens with one attached hydrogen (secondary N) is 1. The molecule has 4 aliphatic rings. The van der Waals surface area contributed by atoms with E-state index in [0.29, 0.717) is 23.4 Å². The minimum atomic E-state index is -1.09. The van der Waals surface area contributed by atoms with Crippen LogP contribution in [0.5, 0.6) is 0 Å². The molecule has 4 heterocycles. The normalized spacial score (nSPS) is 27.8. The second-order valence-corrected chi connectivity index (χ2v) is 12.0. The Morgan fingerprint density at radius 1 is 1.06 bits per heavy atom. The van der Waals surface area contributed by atoms with Crippen LogP contribution >= 0.6 is 11.6 Å². The van der Waals surface area contributed by atoms with Gasteiger partial charge in [-0.15, -0.1) is 0 Å². The average Bonchev–Trinajstić information content (AvgIpc) is 3.36. The number of aromatic nitrogens is 2. The molecule has 6 rings (SSSR count). The number of aryl methyl sites for hydroxylation is 1. The quantitative estimate of drug-likeness (QED) is 0.670. The Kier molecular flexibility index (Phi) is 5.50. The van der Waals surface area contributed by atoms with E-state index in [2.05, 4.69) is 27.2 Å². The van der Waals surface area contributed by atoms with Crippen LogP contribution < -0.4 is 15.1 Å². The zero-order valence-corrected chi connectivity index (χ0v) is 20.2. The second-order valence-electron chi connectivity index (χ2n) is 10.0. The molecular weight excluding hydrogens is 458 g/mol.